The minimum atomic E-state index is -0.172. The van der Waals surface area contributed by atoms with E-state index in [1.165, 1.54) is 0 Å². The summed E-state index contributed by atoms with van der Waals surface area (Å²) in [6.07, 6.45) is 0. The van der Waals surface area contributed by atoms with Gasteiger partial charge in [-0.05, 0) is 49.9 Å². The van der Waals surface area contributed by atoms with E-state index in [1.807, 2.05) is 32.0 Å². The van der Waals surface area contributed by atoms with E-state index in [0.29, 0.717) is 6.54 Å². The normalized spacial score (nSPS) is 12.6. The summed E-state index contributed by atoms with van der Waals surface area (Å²) in [7, 11) is 0. The van der Waals surface area contributed by atoms with Gasteiger partial charge < -0.3 is 11.1 Å². The van der Waals surface area contributed by atoms with Crippen molar-refractivity contribution in [3.8, 4) is 0 Å². The lowest BCUT2D eigenvalue weighted by Gasteiger charge is -2.19. The molecule has 0 saturated heterocycles. The number of amides is 1. The average Bonchev–Trinajstić information content (AvgIpc) is 2.24. The Labute approximate surface area is 118 Å². The number of hydrogen-bond donors (Lipinski definition) is 2. The van der Waals surface area contributed by atoms with E-state index in [0.717, 1.165) is 14.6 Å². The molecule has 0 aliphatic carbocycles. The van der Waals surface area contributed by atoms with Gasteiger partial charge in [-0.1, -0.05) is 19.9 Å². The summed E-state index contributed by atoms with van der Waals surface area (Å²) in [6.45, 7) is 4.34. The number of benzene rings is 1. The van der Waals surface area contributed by atoms with Gasteiger partial charge in [-0.15, -0.1) is 0 Å². The highest BCUT2D eigenvalue weighted by Gasteiger charge is 2.21. The van der Waals surface area contributed by atoms with Crippen LogP contribution in [0, 0.1) is 11.8 Å². The molecule has 0 saturated carbocycles. The monoisotopic (exact) mass is 362 g/mol. The molecule has 0 fully saturated rings. The van der Waals surface area contributed by atoms with E-state index >= 15 is 0 Å². The van der Waals surface area contributed by atoms with Crippen LogP contribution in [0.2, 0.25) is 0 Å². The van der Waals surface area contributed by atoms with E-state index in [-0.39, 0.29) is 17.7 Å². The zero-order valence-corrected chi connectivity index (χ0v) is 13.0. The Kier molecular flexibility index (Phi) is 5.62. The molecule has 3 N–H and O–H groups in total. The maximum absolute atomic E-state index is 12.1. The molecule has 0 heterocycles. The molecule has 0 spiro atoms. The van der Waals surface area contributed by atoms with Gasteiger partial charge in [-0.3, -0.25) is 4.79 Å². The van der Waals surface area contributed by atoms with Crippen molar-refractivity contribution in [3.05, 3.63) is 27.1 Å². The predicted molar refractivity (Wildman–Crippen MR) is 77.9 cm³/mol. The fourth-order valence-corrected chi connectivity index (χ4v) is 2.71. The standard InChI is InChI=1S/C12H16Br2N2O/c1-7(2)8(6-15)12(17)16-11-9(13)4-3-5-10(11)14/h3-5,7-8H,6,15H2,1-2H3,(H,16,17). The number of nitrogens with two attached hydrogens (primary N) is 1. The molecule has 1 atom stereocenters. The van der Waals surface area contributed by atoms with Crippen molar-refractivity contribution in [2.45, 2.75) is 13.8 Å². The molecular formula is C12H16Br2N2O. The van der Waals surface area contributed by atoms with E-state index in [4.69, 9.17) is 5.73 Å². The van der Waals surface area contributed by atoms with Crippen LogP contribution in [0.15, 0.2) is 27.1 Å². The first-order valence-electron chi connectivity index (χ1n) is 5.42. The Bertz CT molecular complexity index is 387. The summed E-state index contributed by atoms with van der Waals surface area (Å²) in [5, 5.41) is 2.90. The van der Waals surface area contributed by atoms with Gasteiger partial charge in [0.2, 0.25) is 5.91 Å². The molecule has 1 amide bonds. The molecular weight excluding hydrogens is 348 g/mol. The minimum absolute atomic E-state index is 0.0462. The van der Waals surface area contributed by atoms with E-state index < -0.39 is 0 Å². The second kappa shape index (κ2) is 6.52. The van der Waals surface area contributed by atoms with Crippen LogP contribution in [-0.4, -0.2) is 12.5 Å². The molecule has 1 rings (SSSR count). The Morgan fingerprint density at radius 3 is 2.29 bits per heavy atom. The van der Waals surface area contributed by atoms with Crippen molar-refractivity contribution < 1.29 is 4.79 Å². The van der Waals surface area contributed by atoms with Gasteiger partial charge in [0.05, 0.1) is 11.6 Å². The molecule has 0 bridgehead atoms. The first-order valence-corrected chi connectivity index (χ1v) is 7.01. The molecule has 5 heteroatoms. The van der Waals surface area contributed by atoms with Crippen molar-refractivity contribution in [2.24, 2.45) is 17.6 Å². The Hall–Kier alpha value is -0.390. The number of anilines is 1. The number of para-hydroxylation sites is 1. The van der Waals surface area contributed by atoms with Crippen LogP contribution in [0.5, 0.6) is 0 Å². The van der Waals surface area contributed by atoms with Crippen LogP contribution >= 0.6 is 31.9 Å². The molecule has 3 nitrogen and oxygen atoms in total. The maximum atomic E-state index is 12.1. The lowest BCUT2D eigenvalue weighted by atomic mass is 9.95. The molecule has 17 heavy (non-hydrogen) atoms. The quantitative estimate of drug-likeness (QED) is 0.861. The summed E-state index contributed by atoms with van der Waals surface area (Å²) >= 11 is 6.82. The van der Waals surface area contributed by atoms with Crippen molar-refractivity contribution in [1.82, 2.24) is 0 Å². The second-order valence-corrected chi connectivity index (χ2v) is 5.88. The number of nitrogens with one attached hydrogen (secondary N) is 1. The largest absolute Gasteiger partial charge is 0.330 e. The Morgan fingerprint density at radius 2 is 1.88 bits per heavy atom. The third-order valence-electron chi connectivity index (χ3n) is 2.61. The van der Waals surface area contributed by atoms with Gasteiger partial charge in [0.15, 0.2) is 0 Å². The van der Waals surface area contributed by atoms with Gasteiger partial charge in [-0.2, -0.15) is 0 Å². The summed E-state index contributed by atoms with van der Waals surface area (Å²) < 4.78 is 1.69. The molecule has 0 aliphatic heterocycles. The number of rotatable bonds is 4. The molecule has 1 aromatic carbocycles. The molecule has 94 valence electrons. The fraction of sp³-hybridized carbons (Fsp3) is 0.417. The minimum Gasteiger partial charge on any atom is -0.330 e. The summed E-state index contributed by atoms with van der Waals surface area (Å²) in [4.78, 5) is 12.1. The Morgan fingerprint density at radius 1 is 1.35 bits per heavy atom. The van der Waals surface area contributed by atoms with Crippen molar-refractivity contribution >= 4 is 43.5 Å². The van der Waals surface area contributed by atoms with E-state index in [1.54, 1.807) is 0 Å². The van der Waals surface area contributed by atoms with Gasteiger partial charge >= 0.3 is 0 Å². The number of carbonyl (C=O) groups is 1. The van der Waals surface area contributed by atoms with Crippen LogP contribution in [-0.2, 0) is 4.79 Å². The second-order valence-electron chi connectivity index (χ2n) is 4.17. The van der Waals surface area contributed by atoms with Crippen molar-refractivity contribution in [3.63, 3.8) is 0 Å². The average molecular weight is 364 g/mol. The Balaban J connectivity index is 2.87. The van der Waals surface area contributed by atoms with Crippen LogP contribution in [0.1, 0.15) is 13.8 Å². The van der Waals surface area contributed by atoms with Crippen LogP contribution in [0.4, 0.5) is 5.69 Å². The maximum Gasteiger partial charge on any atom is 0.229 e. The third-order valence-corrected chi connectivity index (χ3v) is 3.93. The predicted octanol–water partition coefficient (Wildman–Crippen LogP) is 3.38. The smallest absolute Gasteiger partial charge is 0.229 e. The highest BCUT2D eigenvalue weighted by molar-refractivity contribution is 9.11. The molecule has 0 aromatic heterocycles. The third kappa shape index (κ3) is 3.79. The highest BCUT2D eigenvalue weighted by atomic mass is 79.9. The number of halogens is 2. The number of hydrogen-bond acceptors (Lipinski definition) is 2. The van der Waals surface area contributed by atoms with Crippen LogP contribution in [0.3, 0.4) is 0 Å². The van der Waals surface area contributed by atoms with Crippen molar-refractivity contribution in [1.29, 1.82) is 0 Å². The van der Waals surface area contributed by atoms with Gasteiger partial charge in [0.1, 0.15) is 0 Å². The highest BCUT2D eigenvalue weighted by Crippen LogP contribution is 2.31. The van der Waals surface area contributed by atoms with Crippen LogP contribution < -0.4 is 11.1 Å². The lowest BCUT2D eigenvalue weighted by Crippen LogP contribution is -2.33. The van der Waals surface area contributed by atoms with E-state index in [2.05, 4.69) is 37.2 Å². The van der Waals surface area contributed by atoms with Gasteiger partial charge in [0, 0.05) is 15.5 Å². The topological polar surface area (TPSA) is 55.1 Å². The number of carbonyl (C=O) groups excluding carboxylic acids is 1. The van der Waals surface area contributed by atoms with E-state index in [9.17, 15) is 4.79 Å². The first kappa shape index (κ1) is 14.7. The summed E-state index contributed by atoms with van der Waals surface area (Å²) in [6, 6.07) is 5.66. The summed E-state index contributed by atoms with van der Waals surface area (Å²) in [5.74, 6) is 0.00497. The zero-order valence-electron chi connectivity index (χ0n) is 9.84. The van der Waals surface area contributed by atoms with Crippen molar-refractivity contribution in [2.75, 3.05) is 11.9 Å². The molecule has 0 radical (unpaired) electrons. The van der Waals surface area contributed by atoms with Gasteiger partial charge in [-0.25, -0.2) is 0 Å². The molecule has 1 aromatic rings. The first-order chi connectivity index (χ1) is 7.97. The fourth-order valence-electron chi connectivity index (χ4n) is 1.52. The summed E-state index contributed by atoms with van der Waals surface area (Å²) in [5.41, 5.74) is 6.37. The van der Waals surface area contributed by atoms with Gasteiger partial charge in [0.25, 0.3) is 0 Å². The molecule has 0 aliphatic rings. The zero-order chi connectivity index (χ0) is 13.0. The lowest BCUT2D eigenvalue weighted by molar-refractivity contribution is -0.120. The molecule has 1 unspecified atom stereocenters. The van der Waals surface area contributed by atoms with Crippen LogP contribution in [0.25, 0.3) is 0 Å². The SMILES string of the molecule is CC(C)C(CN)C(=O)Nc1c(Br)cccc1Br.